The number of aliphatic hydroxyl groups is 2. The molecule has 0 spiro atoms. The minimum atomic E-state index is -1.25. The SMILES string of the molecule is CC(=Cc1csc(C)n1)C1C[C@@H]2O[C@]2(C)CC=C[C@H](C)[C@H](O)[C@@H](C)C(=O)C(C)(C)[C@@H](O)CC(=O)O1. The van der Waals surface area contributed by atoms with Gasteiger partial charge in [-0.15, -0.1) is 11.3 Å². The van der Waals surface area contributed by atoms with Crippen LogP contribution in [-0.4, -0.2) is 57.0 Å². The molecule has 1 fully saturated rings. The Morgan fingerprint density at radius 3 is 2.54 bits per heavy atom. The largest absolute Gasteiger partial charge is 0.458 e. The fourth-order valence-electron chi connectivity index (χ4n) is 4.67. The van der Waals surface area contributed by atoms with E-state index < -0.39 is 35.6 Å². The molecule has 3 heterocycles. The van der Waals surface area contributed by atoms with Crippen LogP contribution in [0.15, 0.2) is 23.1 Å². The van der Waals surface area contributed by atoms with Gasteiger partial charge in [-0.1, -0.05) is 39.8 Å². The van der Waals surface area contributed by atoms with Crippen molar-refractivity contribution in [1.29, 1.82) is 0 Å². The number of aliphatic hydroxyl groups excluding tert-OH is 2. The number of cyclic esters (lactones) is 1. The molecule has 0 bridgehead atoms. The zero-order valence-corrected chi connectivity index (χ0v) is 22.6. The van der Waals surface area contributed by atoms with Crippen molar-refractivity contribution in [1.82, 2.24) is 4.98 Å². The molecule has 8 heteroatoms. The van der Waals surface area contributed by atoms with Gasteiger partial charge in [0.2, 0.25) is 0 Å². The molecule has 7 atom stereocenters. The predicted octanol–water partition coefficient (Wildman–Crippen LogP) is 4.25. The molecule has 2 aliphatic heterocycles. The first-order chi connectivity index (χ1) is 16.2. The Labute approximate surface area is 212 Å². The number of hydrogen-bond acceptors (Lipinski definition) is 8. The number of carbonyl (C=O) groups is 2. The number of rotatable bonds is 2. The highest BCUT2D eigenvalue weighted by Crippen LogP contribution is 2.44. The fourth-order valence-corrected chi connectivity index (χ4v) is 5.24. The summed E-state index contributed by atoms with van der Waals surface area (Å²) in [5.41, 5.74) is 0.0391. The zero-order chi connectivity index (χ0) is 26.1. The summed E-state index contributed by atoms with van der Waals surface area (Å²) < 4.78 is 11.9. The molecule has 0 amide bonds. The fraction of sp³-hybridized carbons (Fsp3) is 0.667. The number of fused-ring (bicyclic) bond motifs is 1. The quantitative estimate of drug-likeness (QED) is 0.351. The lowest BCUT2D eigenvalue weighted by Gasteiger charge is -2.34. The molecule has 1 saturated heterocycles. The number of ketones is 1. The van der Waals surface area contributed by atoms with Gasteiger partial charge in [-0.05, 0) is 38.8 Å². The highest BCUT2D eigenvalue weighted by atomic mass is 32.1. The molecule has 0 aromatic carbocycles. The molecule has 35 heavy (non-hydrogen) atoms. The zero-order valence-electron chi connectivity index (χ0n) is 21.8. The standard InChI is InChI=1S/C27H39NO6S/c1-15-9-8-10-27(7)22(34-27)12-20(16(2)11-19-14-35-18(4)28-19)33-23(30)13-21(29)26(5,6)25(32)17(3)24(15)31/h8-9,11,14-15,17,20-22,24,29,31H,10,12-13H2,1-7H3/t15-,17+,20?,21-,22-,24-,27+/m0/s1. The van der Waals surface area contributed by atoms with Gasteiger partial charge >= 0.3 is 5.97 Å². The Hall–Kier alpha value is -1.87. The van der Waals surface area contributed by atoms with Gasteiger partial charge in [0.05, 0.1) is 46.5 Å². The molecule has 1 unspecified atom stereocenters. The van der Waals surface area contributed by atoms with Crippen LogP contribution in [0.4, 0.5) is 0 Å². The monoisotopic (exact) mass is 505 g/mol. The van der Waals surface area contributed by atoms with E-state index in [0.717, 1.165) is 16.3 Å². The van der Waals surface area contributed by atoms with Crippen molar-refractivity contribution in [3.05, 3.63) is 33.8 Å². The summed E-state index contributed by atoms with van der Waals surface area (Å²) in [6.07, 6.45) is 3.84. The van der Waals surface area contributed by atoms with Gasteiger partial charge in [0.15, 0.2) is 0 Å². The van der Waals surface area contributed by atoms with E-state index in [9.17, 15) is 19.8 Å². The van der Waals surface area contributed by atoms with Crippen molar-refractivity contribution in [3.63, 3.8) is 0 Å². The van der Waals surface area contributed by atoms with Crippen molar-refractivity contribution in [2.24, 2.45) is 17.3 Å². The Morgan fingerprint density at radius 1 is 1.23 bits per heavy atom. The van der Waals surface area contributed by atoms with Crippen LogP contribution in [-0.2, 0) is 19.1 Å². The van der Waals surface area contributed by atoms with E-state index >= 15 is 0 Å². The molecule has 3 rings (SSSR count). The number of epoxide rings is 1. The predicted molar refractivity (Wildman–Crippen MR) is 136 cm³/mol. The Balaban J connectivity index is 1.89. The second-order valence-electron chi connectivity index (χ2n) is 10.9. The first kappa shape index (κ1) is 27.7. The van der Waals surface area contributed by atoms with E-state index in [1.54, 1.807) is 32.1 Å². The summed E-state index contributed by atoms with van der Waals surface area (Å²) in [5, 5.41) is 24.5. The van der Waals surface area contributed by atoms with E-state index in [2.05, 4.69) is 4.98 Å². The third-order valence-electron chi connectivity index (χ3n) is 7.51. The Morgan fingerprint density at radius 2 is 1.91 bits per heavy atom. The molecular formula is C27H39NO6S. The van der Waals surface area contributed by atoms with Gasteiger partial charge in [-0.3, -0.25) is 9.59 Å². The number of esters is 1. The normalized spacial score (nSPS) is 37.0. The maximum atomic E-state index is 13.2. The van der Waals surface area contributed by atoms with Crippen LogP contribution >= 0.6 is 11.3 Å². The molecule has 0 saturated carbocycles. The van der Waals surface area contributed by atoms with Crippen molar-refractivity contribution < 1.29 is 29.3 Å². The van der Waals surface area contributed by atoms with Gasteiger partial charge < -0.3 is 19.7 Å². The van der Waals surface area contributed by atoms with Crippen LogP contribution in [0, 0.1) is 24.2 Å². The topological polar surface area (TPSA) is 109 Å². The number of nitrogens with zero attached hydrogens (tertiary/aromatic N) is 1. The third kappa shape index (κ3) is 6.47. The molecule has 2 aliphatic rings. The summed E-state index contributed by atoms with van der Waals surface area (Å²) in [6, 6.07) is 0. The molecule has 7 nitrogen and oxygen atoms in total. The summed E-state index contributed by atoms with van der Waals surface area (Å²) in [7, 11) is 0. The molecule has 1 aromatic heterocycles. The van der Waals surface area contributed by atoms with Crippen LogP contribution < -0.4 is 0 Å². The minimum absolute atomic E-state index is 0.0968. The highest BCUT2D eigenvalue weighted by Gasteiger charge is 2.52. The van der Waals surface area contributed by atoms with Crippen molar-refractivity contribution in [2.45, 2.75) is 97.7 Å². The number of thiazole rings is 1. The van der Waals surface area contributed by atoms with Crippen LogP contribution in [0.5, 0.6) is 0 Å². The molecular weight excluding hydrogens is 466 g/mol. The van der Waals surface area contributed by atoms with Gasteiger partial charge in [0, 0.05) is 23.6 Å². The summed E-state index contributed by atoms with van der Waals surface area (Å²) in [4.78, 5) is 30.6. The summed E-state index contributed by atoms with van der Waals surface area (Å²) >= 11 is 1.55. The number of aromatic nitrogens is 1. The average molecular weight is 506 g/mol. The lowest BCUT2D eigenvalue weighted by atomic mass is 9.73. The third-order valence-corrected chi connectivity index (χ3v) is 8.30. The minimum Gasteiger partial charge on any atom is -0.458 e. The van der Waals surface area contributed by atoms with Crippen molar-refractivity contribution in [2.75, 3.05) is 0 Å². The number of aryl methyl sites for hydroxylation is 1. The van der Waals surface area contributed by atoms with Gasteiger partial charge in [-0.2, -0.15) is 0 Å². The summed E-state index contributed by atoms with van der Waals surface area (Å²) in [6.45, 7) is 12.6. The molecule has 0 radical (unpaired) electrons. The lowest BCUT2D eigenvalue weighted by molar-refractivity contribution is -0.154. The number of ether oxygens (including phenoxy) is 2. The van der Waals surface area contributed by atoms with Crippen LogP contribution in [0.3, 0.4) is 0 Å². The first-order valence-corrected chi connectivity index (χ1v) is 13.2. The van der Waals surface area contributed by atoms with E-state index in [4.69, 9.17) is 9.47 Å². The van der Waals surface area contributed by atoms with Crippen LogP contribution in [0.1, 0.15) is 71.5 Å². The van der Waals surface area contributed by atoms with E-state index in [1.165, 1.54) is 0 Å². The van der Waals surface area contributed by atoms with Gasteiger partial charge in [-0.25, -0.2) is 4.98 Å². The second kappa shape index (κ2) is 10.6. The van der Waals surface area contributed by atoms with E-state index in [0.29, 0.717) is 12.8 Å². The number of hydrogen-bond donors (Lipinski definition) is 2. The molecule has 0 aliphatic carbocycles. The lowest BCUT2D eigenvalue weighted by Crippen LogP contribution is -2.45. The smallest absolute Gasteiger partial charge is 0.309 e. The van der Waals surface area contributed by atoms with E-state index in [-0.39, 0.29) is 29.8 Å². The maximum Gasteiger partial charge on any atom is 0.309 e. The molecule has 1 aromatic rings. The molecule has 194 valence electrons. The highest BCUT2D eigenvalue weighted by molar-refractivity contribution is 7.09. The number of Topliss-reactive ketones (excluding diaryl/α,β-unsaturated/α-hetero) is 1. The van der Waals surface area contributed by atoms with Crippen LogP contribution in [0.2, 0.25) is 0 Å². The Kier molecular flexibility index (Phi) is 8.41. The summed E-state index contributed by atoms with van der Waals surface area (Å²) in [5.74, 6) is -1.83. The maximum absolute atomic E-state index is 13.2. The molecule has 2 N–H and O–H groups in total. The Bertz CT molecular complexity index is 998. The second-order valence-corrected chi connectivity index (χ2v) is 12.0. The van der Waals surface area contributed by atoms with Crippen LogP contribution in [0.25, 0.3) is 6.08 Å². The number of carbonyl (C=O) groups excluding carboxylic acids is 2. The first-order valence-electron chi connectivity index (χ1n) is 12.3. The average Bonchev–Trinajstić information content (AvgIpc) is 3.22. The van der Waals surface area contributed by atoms with Crippen molar-refractivity contribution >= 4 is 29.2 Å². The van der Waals surface area contributed by atoms with Gasteiger partial charge in [0.1, 0.15) is 11.9 Å². The van der Waals surface area contributed by atoms with Gasteiger partial charge in [0.25, 0.3) is 0 Å². The van der Waals surface area contributed by atoms with Crippen molar-refractivity contribution in [3.8, 4) is 0 Å². The van der Waals surface area contributed by atoms with E-state index in [1.807, 2.05) is 51.3 Å².